The van der Waals surface area contributed by atoms with Gasteiger partial charge in [-0.3, -0.25) is 4.79 Å². The molecule has 4 nitrogen and oxygen atoms in total. The predicted octanol–water partition coefficient (Wildman–Crippen LogP) is 1.94. The fourth-order valence-corrected chi connectivity index (χ4v) is 2.47. The average Bonchev–Trinajstić information content (AvgIpc) is 2.47. The van der Waals surface area contributed by atoms with Crippen molar-refractivity contribution in [3.8, 4) is 0 Å². The summed E-state index contributed by atoms with van der Waals surface area (Å²) in [5, 5.41) is 6.28. The van der Waals surface area contributed by atoms with Crippen LogP contribution in [0.5, 0.6) is 0 Å². The predicted molar refractivity (Wildman–Crippen MR) is 82.8 cm³/mol. The van der Waals surface area contributed by atoms with Crippen molar-refractivity contribution >= 4 is 11.6 Å². The highest BCUT2D eigenvalue weighted by Gasteiger charge is 2.19. The van der Waals surface area contributed by atoms with Crippen LogP contribution < -0.4 is 10.6 Å². The third kappa shape index (κ3) is 4.62. The Kier molecular flexibility index (Phi) is 5.56. The summed E-state index contributed by atoms with van der Waals surface area (Å²) in [6, 6.07) is 9.44. The normalized spacial score (nSPS) is 18.7. The maximum Gasteiger partial charge on any atom is 0.241 e. The van der Waals surface area contributed by atoms with Crippen LogP contribution in [0.25, 0.3) is 0 Å². The van der Waals surface area contributed by atoms with Crippen molar-refractivity contribution in [2.75, 3.05) is 32.0 Å². The number of nitrogens with zero attached hydrogens (tertiary/aromatic N) is 1. The van der Waals surface area contributed by atoms with Crippen LogP contribution in [0, 0.1) is 5.92 Å². The van der Waals surface area contributed by atoms with E-state index in [4.69, 9.17) is 0 Å². The first-order valence-electron chi connectivity index (χ1n) is 7.43. The Morgan fingerprint density at radius 2 is 1.95 bits per heavy atom. The average molecular weight is 275 g/mol. The van der Waals surface area contributed by atoms with Crippen molar-refractivity contribution in [2.24, 2.45) is 5.92 Å². The number of hydrogen-bond acceptors (Lipinski definition) is 3. The lowest BCUT2D eigenvalue weighted by Crippen LogP contribution is -2.42. The molecule has 1 saturated heterocycles. The number of carbonyl (C=O) groups is 1. The van der Waals surface area contributed by atoms with E-state index in [1.807, 2.05) is 37.3 Å². The molecule has 1 aliphatic rings. The molecule has 0 saturated carbocycles. The molecular formula is C16H25N3O. The van der Waals surface area contributed by atoms with E-state index in [2.05, 4.69) is 22.6 Å². The molecule has 1 aromatic carbocycles. The minimum absolute atomic E-state index is 0.0316. The van der Waals surface area contributed by atoms with Crippen LogP contribution in [0.15, 0.2) is 30.3 Å². The maximum absolute atomic E-state index is 12.1. The fraction of sp³-hybridized carbons (Fsp3) is 0.562. The molecule has 2 rings (SSSR count). The monoisotopic (exact) mass is 275 g/mol. The first kappa shape index (κ1) is 15.0. The van der Waals surface area contributed by atoms with Crippen LogP contribution >= 0.6 is 0 Å². The van der Waals surface area contributed by atoms with Crippen molar-refractivity contribution in [3.05, 3.63) is 30.3 Å². The van der Waals surface area contributed by atoms with Crippen LogP contribution in [0.1, 0.15) is 19.8 Å². The number of para-hydroxylation sites is 1. The highest BCUT2D eigenvalue weighted by Crippen LogP contribution is 2.15. The molecule has 0 radical (unpaired) electrons. The second kappa shape index (κ2) is 7.41. The fourth-order valence-electron chi connectivity index (χ4n) is 2.47. The molecule has 4 heteroatoms. The molecule has 110 valence electrons. The van der Waals surface area contributed by atoms with Crippen molar-refractivity contribution in [1.82, 2.24) is 10.2 Å². The molecule has 0 spiro atoms. The number of likely N-dealkylation sites (tertiary alicyclic amines) is 1. The van der Waals surface area contributed by atoms with Gasteiger partial charge in [0.15, 0.2) is 0 Å². The highest BCUT2D eigenvalue weighted by atomic mass is 16.2. The van der Waals surface area contributed by atoms with Crippen LogP contribution in [0.2, 0.25) is 0 Å². The molecule has 1 atom stereocenters. The van der Waals surface area contributed by atoms with Crippen molar-refractivity contribution in [3.63, 3.8) is 0 Å². The topological polar surface area (TPSA) is 44.4 Å². The van der Waals surface area contributed by atoms with Gasteiger partial charge in [-0.1, -0.05) is 18.2 Å². The Balaban J connectivity index is 1.71. The molecule has 0 aromatic heterocycles. The van der Waals surface area contributed by atoms with Gasteiger partial charge in [0.2, 0.25) is 5.91 Å². The van der Waals surface area contributed by atoms with Crippen molar-refractivity contribution < 1.29 is 4.79 Å². The van der Waals surface area contributed by atoms with E-state index in [0.29, 0.717) is 5.92 Å². The Morgan fingerprint density at radius 1 is 1.30 bits per heavy atom. The van der Waals surface area contributed by atoms with Gasteiger partial charge in [0.25, 0.3) is 0 Å². The Bertz CT molecular complexity index is 413. The molecule has 1 amide bonds. The van der Waals surface area contributed by atoms with Gasteiger partial charge in [-0.05, 0) is 64.5 Å². The largest absolute Gasteiger partial charge is 0.325 e. The van der Waals surface area contributed by atoms with E-state index in [0.717, 1.165) is 25.3 Å². The molecule has 1 unspecified atom stereocenters. The first-order chi connectivity index (χ1) is 9.65. The van der Waals surface area contributed by atoms with Gasteiger partial charge >= 0.3 is 0 Å². The molecule has 1 fully saturated rings. The Labute approximate surface area is 121 Å². The minimum atomic E-state index is -0.158. The van der Waals surface area contributed by atoms with E-state index in [9.17, 15) is 4.79 Å². The molecule has 2 N–H and O–H groups in total. The summed E-state index contributed by atoms with van der Waals surface area (Å²) in [4.78, 5) is 14.4. The minimum Gasteiger partial charge on any atom is -0.325 e. The second-order valence-electron chi connectivity index (χ2n) is 5.73. The van der Waals surface area contributed by atoms with Gasteiger partial charge in [-0.2, -0.15) is 0 Å². The number of carbonyl (C=O) groups excluding carboxylic acids is 1. The summed E-state index contributed by atoms with van der Waals surface area (Å²) in [5.74, 6) is 0.724. The second-order valence-corrected chi connectivity index (χ2v) is 5.73. The van der Waals surface area contributed by atoms with Gasteiger partial charge in [0.05, 0.1) is 6.04 Å². The first-order valence-corrected chi connectivity index (χ1v) is 7.43. The lowest BCUT2D eigenvalue weighted by atomic mass is 9.97. The van der Waals surface area contributed by atoms with E-state index >= 15 is 0 Å². The van der Waals surface area contributed by atoms with Crippen LogP contribution in [-0.4, -0.2) is 43.5 Å². The molecule has 1 aromatic rings. The van der Waals surface area contributed by atoms with Crippen molar-refractivity contribution in [1.29, 1.82) is 0 Å². The number of rotatable bonds is 5. The van der Waals surface area contributed by atoms with Gasteiger partial charge in [-0.15, -0.1) is 0 Å². The zero-order chi connectivity index (χ0) is 14.4. The van der Waals surface area contributed by atoms with Crippen LogP contribution in [0.3, 0.4) is 0 Å². The number of benzene rings is 1. The van der Waals surface area contributed by atoms with E-state index in [1.165, 1.54) is 12.8 Å². The number of hydrogen-bond donors (Lipinski definition) is 2. The SMILES string of the molecule is CC(NCC1CCN(C)CC1)C(=O)Nc1ccccc1. The number of anilines is 1. The van der Waals surface area contributed by atoms with Crippen LogP contribution in [-0.2, 0) is 4.79 Å². The Morgan fingerprint density at radius 3 is 2.60 bits per heavy atom. The quantitative estimate of drug-likeness (QED) is 0.863. The number of nitrogens with one attached hydrogen (secondary N) is 2. The zero-order valence-corrected chi connectivity index (χ0v) is 12.4. The molecular weight excluding hydrogens is 250 g/mol. The maximum atomic E-state index is 12.1. The number of amides is 1. The third-order valence-corrected chi connectivity index (χ3v) is 3.99. The highest BCUT2D eigenvalue weighted by molar-refractivity contribution is 5.94. The van der Waals surface area contributed by atoms with Gasteiger partial charge in [-0.25, -0.2) is 0 Å². The van der Waals surface area contributed by atoms with Crippen molar-refractivity contribution in [2.45, 2.75) is 25.8 Å². The lowest BCUT2D eigenvalue weighted by Gasteiger charge is -2.29. The van der Waals surface area contributed by atoms with E-state index < -0.39 is 0 Å². The summed E-state index contributed by atoms with van der Waals surface area (Å²) in [5.41, 5.74) is 0.852. The standard InChI is InChI=1S/C16H25N3O/c1-13(16(20)18-15-6-4-3-5-7-15)17-12-14-8-10-19(2)11-9-14/h3-7,13-14,17H,8-12H2,1-2H3,(H,18,20). The number of piperidine rings is 1. The van der Waals surface area contributed by atoms with Gasteiger partial charge < -0.3 is 15.5 Å². The summed E-state index contributed by atoms with van der Waals surface area (Å²) in [6.07, 6.45) is 2.44. The smallest absolute Gasteiger partial charge is 0.241 e. The van der Waals surface area contributed by atoms with E-state index in [1.54, 1.807) is 0 Å². The third-order valence-electron chi connectivity index (χ3n) is 3.99. The summed E-state index contributed by atoms with van der Waals surface area (Å²) in [6.45, 7) is 5.18. The van der Waals surface area contributed by atoms with Gasteiger partial charge in [0.1, 0.15) is 0 Å². The van der Waals surface area contributed by atoms with Crippen LogP contribution in [0.4, 0.5) is 5.69 Å². The summed E-state index contributed by atoms with van der Waals surface area (Å²) >= 11 is 0. The molecule has 0 bridgehead atoms. The van der Waals surface area contributed by atoms with E-state index in [-0.39, 0.29) is 11.9 Å². The molecule has 1 heterocycles. The Hall–Kier alpha value is -1.39. The van der Waals surface area contributed by atoms with Gasteiger partial charge in [0, 0.05) is 5.69 Å². The summed E-state index contributed by atoms with van der Waals surface area (Å²) in [7, 11) is 2.17. The molecule has 1 aliphatic heterocycles. The molecule has 0 aliphatic carbocycles. The lowest BCUT2D eigenvalue weighted by molar-refractivity contribution is -0.117. The summed E-state index contributed by atoms with van der Waals surface area (Å²) < 4.78 is 0. The zero-order valence-electron chi connectivity index (χ0n) is 12.4. The molecule has 20 heavy (non-hydrogen) atoms.